The molecule has 0 fully saturated rings. The molecule has 4 N–H and O–H groups in total. The van der Waals surface area contributed by atoms with Gasteiger partial charge in [-0.15, -0.1) is 0 Å². The van der Waals surface area contributed by atoms with Gasteiger partial charge in [-0.1, -0.05) is 0 Å². The zero-order valence-electron chi connectivity index (χ0n) is 6.33. The number of carbonyl (C=O) groups excluding carboxylic acids is 1. The summed E-state index contributed by atoms with van der Waals surface area (Å²) in [7, 11) is 0. The molecule has 0 aliphatic carbocycles. The molecule has 0 aliphatic heterocycles. The summed E-state index contributed by atoms with van der Waals surface area (Å²) in [6.07, 6.45) is 0. The predicted octanol–water partition coefficient (Wildman–Crippen LogP) is -0.0425. The molecule has 0 saturated carbocycles. The summed E-state index contributed by atoms with van der Waals surface area (Å²) < 4.78 is 45.7. The molecule has 0 aromatic heterocycles. The van der Waals surface area contributed by atoms with Crippen LogP contribution in [0.1, 0.15) is 13.8 Å². The van der Waals surface area contributed by atoms with Crippen LogP contribution >= 0.6 is 0 Å². The molecule has 0 aromatic carbocycles. The van der Waals surface area contributed by atoms with Crippen molar-refractivity contribution >= 4 is 28.5 Å². The summed E-state index contributed by atoms with van der Waals surface area (Å²) in [4.78, 5) is 9.44. The minimum Gasteiger partial charge on any atom is -0.300 e. The van der Waals surface area contributed by atoms with E-state index in [0.29, 0.717) is 0 Å². The van der Waals surface area contributed by atoms with Crippen molar-refractivity contribution in [3.8, 4) is 0 Å². The molecular formula is C3H10O7S2. The standard InChI is InChI=1S/C3H6O.2H2O3S/c1-3(2)4;2*1-4(2)3/h1-2H3;2*(H2,1,2,3). The van der Waals surface area contributed by atoms with E-state index in [2.05, 4.69) is 0 Å². The Balaban J connectivity index is -0.000000101. The third-order valence-corrected chi connectivity index (χ3v) is 0. The quantitative estimate of drug-likeness (QED) is 0.422. The topological polar surface area (TPSA) is 132 Å². The number of carbonyl (C=O) groups is 1. The van der Waals surface area contributed by atoms with E-state index < -0.39 is 22.7 Å². The van der Waals surface area contributed by atoms with Gasteiger partial charge in [-0.2, -0.15) is 8.42 Å². The Labute approximate surface area is 74.4 Å². The van der Waals surface area contributed by atoms with E-state index in [9.17, 15) is 4.79 Å². The van der Waals surface area contributed by atoms with Gasteiger partial charge in [0.05, 0.1) is 0 Å². The van der Waals surface area contributed by atoms with E-state index in [4.69, 9.17) is 26.6 Å². The van der Waals surface area contributed by atoms with Gasteiger partial charge >= 0.3 is 0 Å². The largest absolute Gasteiger partial charge is 0.300 e. The SMILES string of the molecule is CC(C)=O.O=S(O)O.O=S(O)O. The van der Waals surface area contributed by atoms with Crippen molar-refractivity contribution in [2.24, 2.45) is 0 Å². The van der Waals surface area contributed by atoms with E-state index >= 15 is 0 Å². The minimum atomic E-state index is -2.61. The highest BCUT2D eigenvalue weighted by atomic mass is 32.2. The van der Waals surface area contributed by atoms with Crippen molar-refractivity contribution in [3.63, 3.8) is 0 Å². The van der Waals surface area contributed by atoms with E-state index in [1.807, 2.05) is 0 Å². The molecule has 0 atom stereocenters. The van der Waals surface area contributed by atoms with Crippen LogP contribution in [0, 0.1) is 0 Å². The Morgan fingerprint density at radius 3 is 0.917 bits per heavy atom. The van der Waals surface area contributed by atoms with Crippen molar-refractivity contribution in [1.29, 1.82) is 0 Å². The number of Topliss-reactive ketones (excluding diaryl/α,β-unsaturated/α-hetero) is 1. The molecule has 7 nitrogen and oxygen atoms in total. The van der Waals surface area contributed by atoms with Gasteiger partial charge in [-0.05, 0) is 13.8 Å². The van der Waals surface area contributed by atoms with Crippen LogP contribution in [0.25, 0.3) is 0 Å². The highest BCUT2D eigenvalue weighted by Gasteiger charge is 1.63. The highest BCUT2D eigenvalue weighted by Crippen LogP contribution is 1.50. The third kappa shape index (κ3) is 21100. The third-order valence-electron chi connectivity index (χ3n) is 0. The van der Waals surface area contributed by atoms with E-state index in [-0.39, 0.29) is 5.78 Å². The molecule has 0 spiro atoms. The fourth-order valence-electron chi connectivity index (χ4n) is 0. The average Bonchev–Trinajstić information content (AvgIpc) is 1.54. The van der Waals surface area contributed by atoms with Crippen LogP contribution in [0.3, 0.4) is 0 Å². The van der Waals surface area contributed by atoms with Crippen LogP contribution in [-0.4, -0.2) is 32.4 Å². The van der Waals surface area contributed by atoms with Crippen LogP contribution in [-0.2, 0) is 27.5 Å². The molecular weight excluding hydrogens is 212 g/mol. The second-order valence-electron chi connectivity index (χ2n) is 1.37. The molecule has 0 saturated heterocycles. The smallest absolute Gasteiger partial charge is 0.299 e. The van der Waals surface area contributed by atoms with E-state index in [0.717, 1.165) is 0 Å². The van der Waals surface area contributed by atoms with Gasteiger partial charge in [0.15, 0.2) is 0 Å². The molecule has 0 amide bonds. The lowest BCUT2D eigenvalue weighted by atomic mass is 10.6. The van der Waals surface area contributed by atoms with Crippen molar-refractivity contribution in [3.05, 3.63) is 0 Å². The lowest BCUT2D eigenvalue weighted by Crippen LogP contribution is -1.74. The predicted molar refractivity (Wildman–Crippen MR) is 43.2 cm³/mol. The molecule has 0 heterocycles. The maximum Gasteiger partial charge on any atom is 0.299 e. The van der Waals surface area contributed by atoms with Crippen LogP contribution in [0.2, 0.25) is 0 Å². The monoisotopic (exact) mass is 222 g/mol. The van der Waals surface area contributed by atoms with Gasteiger partial charge < -0.3 is 4.79 Å². The highest BCUT2D eigenvalue weighted by molar-refractivity contribution is 7.73. The van der Waals surface area contributed by atoms with E-state index in [1.165, 1.54) is 13.8 Å². The van der Waals surface area contributed by atoms with Crippen molar-refractivity contribution in [2.45, 2.75) is 13.8 Å². The van der Waals surface area contributed by atoms with Crippen LogP contribution < -0.4 is 0 Å². The maximum absolute atomic E-state index is 9.44. The molecule has 9 heteroatoms. The molecule has 0 rings (SSSR count). The molecule has 0 aromatic rings. The maximum atomic E-state index is 9.44. The average molecular weight is 222 g/mol. The number of hydrogen-bond acceptors (Lipinski definition) is 3. The molecule has 12 heavy (non-hydrogen) atoms. The first-order valence-corrected chi connectivity index (χ1v) is 4.40. The number of hydrogen-bond donors (Lipinski definition) is 4. The van der Waals surface area contributed by atoms with Gasteiger partial charge in [-0.3, -0.25) is 18.2 Å². The van der Waals surface area contributed by atoms with Crippen molar-refractivity contribution < 1.29 is 31.4 Å². The Morgan fingerprint density at radius 1 is 0.917 bits per heavy atom. The molecule has 0 radical (unpaired) electrons. The van der Waals surface area contributed by atoms with E-state index in [1.54, 1.807) is 0 Å². The van der Waals surface area contributed by atoms with Crippen LogP contribution in [0.4, 0.5) is 0 Å². The lowest BCUT2D eigenvalue weighted by molar-refractivity contribution is -0.114. The fraction of sp³-hybridized carbons (Fsp3) is 0.667. The lowest BCUT2D eigenvalue weighted by Gasteiger charge is -1.59. The first kappa shape index (κ1) is 17.8. The summed E-state index contributed by atoms with van der Waals surface area (Å²) in [5.74, 6) is 0.167. The molecule has 0 bridgehead atoms. The summed E-state index contributed by atoms with van der Waals surface area (Å²) in [6.45, 7) is 3.06. The van der Waals surface area contributed by atoms with Crippen molar-refractivity contribution in [2.75, 3.05) is 0 Å². The Hall–Kier alpha value is -0.190. The normalized spacial score (nSPS) is 8.00. The van der Waals surface area contributed by atoms with Gasteiger partial charge in [0.25, 0.3) is 22.7 Å². The van der Waals surface area contributed by atoms with Crippen LogP contribution in [0.15, 0.2) is 0 Å². The summed E-state index contributed by atoms with van der Waals surface area (Å²) in [5, 5.41) is 0. The first-order valence-electron chi connectivity index (χ1n) is 2.27. The second-order valence-corrected chi connectivity index (χ2v) is 2.29. The Morgan fingerprint density at radius 2 is 0.917 bits per heavy atom. The summed E-state index contributed by atoms with van der Waals surface area (Å²) >= 11 is -5.22. The van der Waals surface area contributed by atoms with Crippen molar-refractivity contribution in [1.82, 2.24) is 0 Å². The zero-order valence-corrected chi connectivity index (χ0v) is 7.96. The molecule has 0 aliphatic rings. The van der Waals surface area contributed by atoms with Crippen LogP contribution in [0.5, 0.6) is 0 Å². The first-order chi connectivity index (χ1) is 5.20. The molecule has 0 unspecified atom stereocenters. The molecule has 76 valence electrons. The number of rotatable bonds is 0. The van der Waals surface area contributed by atoms with Gasteiger partial charge in [0, 0.05) is 0 Å². The van der Waals surface area contributed by atoms with Gasteiger partial charge in [-0.25, -0.2) is 0 Å². The Bertz CT molecular complexity index is 114. The summed E-state index contributed by atoms with van der Waals surface area (Å²) in [5.41, 5.74) is 0. The fourth-order valence-corrected chi connectivity index (χ4v) is 0. The Kier molecular flexibility index (Phi) is 19.9. The zero-order chi connectivity index (χ0) is 10.7. The summed E-state index contributed by atoms with van der Waals surface area (Å²) in [6, 6.07) is 0. The minimum absolute atomic E-state index is 0.167. The number of ketones is 1. The van der Waals surface area contributed by atoms with Gasteiger partial charge in [0.2, 0.25) is 0 Å². The van der Waals surface area contributed by atoms with Gasteiger partial charge in [0.1, 0.15) is 5.78 Å². The second kappa shape index (κ2) is 13.4.